The molecule has 6 nitrogen and oxygen atoms in total. The van der Waals surface area contributed by atoms with E-state index in [1.54, 1.807) is 24.3 Å². The number of ether oxygens (including phenoxy) is 1. The van der Waals surface area contributed by atoms with Gasteiger partial charge in [-0.3, -0.25) is 4.79 Å². The lowest BCUT2D eigenvalue weighted by Crippen LogP contribution is -2.41. The van der Waals surface area contributed by atoms with Crippen LogP contribution in [-0.2, 0) is 17.8 Å². The van der Waals surface area contributed by atoms with E-state index in [0.29, 0.717) is 30.3 Å². The van der Waals surface area contributed by atoms with Gasteiger partial charge in [-0.15, -0.1) is 0 Å². The SMILES string of the molecule is CC1CCN(c2nc(-c3ccccc3)nc3c2CN(C(=O)COc2ccc(Cl)cc2)CC3)CC1. The second-order valence-corrected chi connectivity index (χ2v) is 9.58. The molecule has 0 saturated carbocycles. The Bertz CT molecular complexity index is 1150. The molecule has 0 aliphatic carbocycles. The summed E-state index contributed by atoms with van der Waals surface area (Å²) in [5.74, 6) is 3.07. The van der Waals surface area contributed by atoms with Crippen LogP contribution in [0.1, 0.15) is 31.0 Å². The molecule has 0 spiro atoms. The molecule has 34 heavy (non-hydrogen) atoms. The number of carbonyl (C=O) groups is 1. The van der Waals surface area contributed by atoms with Crippen LogP contribution in [0.2, 0.25) is 5.02 Å². The quantitative estimate of drug-likeness (QED) is 0.518. The topological polar surface area (TPSA) is 58.6 Å². The number of rotatable bonds is 5. The highest BCUT2D eigenvalue weighted by Crippen LogP contribution is 2.32. The normalized spacial score (nSPS) is 16.3. The van der Waals surface area contributed by atoms with E-state index in [-0.39, 0.29) is 12.5 Å². The van der Waals surface area contributed by atoms with Crippen molar-refractivity contribution < 1.29 is 9.53 Å². The van der Waals surface area contributed by atoms with Gasteiger partial charge in [-0.25, -0.2) is 9.97 Å². The monoisotopic (exact) mass is 476 g/mol. The number of nitrogens with zero attached hydrogens (tertiary/aromatic N) is 4. The molecular formula is C27H29ClN4O2. The Morgan fingerprint density at radius 1 is 1.03 bits per heavy atom. The lowest BCUT2D eigenvalue weighted by molar-refractivity contribution is -0.134. The van der Waals surface area contributed by atoms with E-state index in [2.05, 4.69) is 24.0 Å². The second kappa shape index (κ2) is 10.0. The number of hydrogen-bond acceptors (Lipinski definition) is 5. The van der Waals surface area contributed by atoms with Gasteiger partial charge in [0, 0.05) is 42.2 Å². The Labute approximate surface area is 205 Å². The highest BCUT2D eigenvalue weighted by atomic mass is 35.5. The van der Waals surface area contributed by atoms with E-state index in [4.69, 9.17) is 26.3 Å². The van der Waals surface area contributed by atoms with Crippen LogP contribution in [-0.4, -0.2) is 47.0 Å². The maximum Gasteiger partial charge on any atom is 0.260 e. The summed E-state index contributed by atoms with van der Waals surface area (Å²) >= 11 is 5.93. The third-order valence-corrected chi connectivity index (χ3v) is 6.93. The first-order valence-corrected chi connectivity index (χ1v) is 12.3. The number of carbonyl (C=O) groups excluding carboxylic acids is 1. The zero-order valence-corrected chi connectivity index (χ0v) is 20.2. The highest BCUT2D eigenvalue weighted by molar-refractivity contribution is 6.30. The van der Waals surface area contributed by atoms with Crippen LogP contribution in [0.4, 0.5) is 5.82 Å². The maximum atomic E-state index is 13.0. The summed E-state index contributed by atoms with van der Waals surface area (Å²) in [5, 5.41) is 0.640. The molecule has 2 aliphatic rings. The minimum absolute atomic E-state index is 0.00349. The van der Waals surface area contributed by atoms with E-state index in [1.807, 2.05) is 23.1 Å². The number of aromatic nitrogens is 2. The molecule has 0 radical (unpaired) electrons. The fourth-order valence-corrected chi connectivity index (χ4v) is 4.70. The average Bonchev–Trinajstić information content (AvgIpc) is 2.88. The molecular weight excluding hydrogens is 448 g/mol. The third kappa shape index (κ3) is 5.02. The minimum atomic E-state index is -0.0362. The number of halogens is 1. The molecule has 1 saturated heterocycles. The van der Waals surface area contributed by atoms with Crippen LogP contribution in [0, 0.1) is 5.92 Å². The van der Waals surface area contributed by atoms with Crippen molar-refractivity contribution in [2.75, 3.05) is 31.1 Å². The smallest absolute Gasteiger partial charge is 0.260 e. The summed E-state index contributed by atoms with van der Waals surface area (Å²) in [7, 11) is 0. The zero-order valence-electron chi connectivity index (χ0n) is 19.4. The van der Waals surface area contributed by atoms with Gasteiger partial charge in [0.2, 0.25) is 0 Å². The van der Waals surface area contributed by atoms with E-state index in [1.165, 1.54) is 0 Å². The summed E-state index contributed by atoms with van der Waals surface area (Å²) in [5.41, 5.74) is 3.14. The van der Waals surface area contributed by atoms with E-state index in [0.717, 1.165) is 60.3 Å². The average molecular weight is 477 g/mol. The fourth-order valence-electron chi connectivity index (χ4n) is 4.58. The Morgan fingerprint density at radius 3 is 2.50 bits per heavy atom. The van der Waals surface area contributed by atoms with Gasteiger partial charge in [-0.05, 0) is 43.0 Å². The highest BCUT2D eigenvalue weighted by Gasteiger charge is 2.29. The summed E-state index contributed by atoms with van der Waals surface area (Å²) < 4.78 is 5.71. The molecule has 5 rings (SSSR count). The van der Waals surface area contributed by atoms with E-state index >= 15 is 0 Å². The lowest BCUT2D eigenvalue weighted by Gasteiger charge is -2.36. The van der Waals surface area contributed by atoms with Crippen LogP contribution >= 0.6 is 11.6 Å². The predicted octanol–water partition coefficient (Wildman–Crippen LogP) is 5.00. The molecule has 176 valence electrons. The number of piperidine rings is 1. The molecule has 1 aromatic heterocycles. The maximum absolute atomic E-state index is 13.0. The summed E-state index contributed by atoms with van der Waals surface area (Å²) in [6.45, 7) is 5.39. The molecule has 2 aromatic carbocycles. The van der Waals surface area contributed by atoms with Gasteiger partial charge < -0.3 is 14.5 Å². The fraction of sp³-hybridized carbons (Fsp3) is 0.370. The Kier molecular flexibility index (Phi) is 6.68. The number of amides is 1. The van der Waals surface area contributed by atoms with Gasteiger partial charge in [0.1, 0.15) is 11.6 Å². The Hall–Kier alpha value is -3.12. The predicted molar refractivity (Wildman–Crippen MR) is 134 cm³/mol. The van der Waals surface area contributed by atoms with E-state index < -0.39 is 0 Å². The first kappa shape index (κ1) is 22.7. The minimum Gasteiger partial charge on any atom is -0.484 e. The van der Waals surface area contributed by atoms with Crippen molar-refractivity contribution in [1.29, 1.82) is 0 Å². The van der Waals surface area contributed by atoms with Gasteiger partial charge in [-0.2, -0.15) is 0 Å². The van der Waals surface area contributed by atoms with E-state index in [9.17, 15) is 4.79 Å². The van der Waals surface area contributed by atoms with Crippen molar-refractivity contribution in [3.63, 3.8) is 0 Å². The molecule has 0 unspecified atom stereocenters. The molecule has 3 aromatic rings. The van der Waals surface area contributed by atoms with Gasteiger partial charge >= 0.3 is 0 Å². The van der Waals surface area contributed by atoms with Gasteiger partial charge in [-0.1, -0.05) is 48.9 Å². The Balaban J connectivity index is 1.38. The first-order chi connectivity index (χ1) is 16.6. The summed E-state index contributed by atoms with van der Waals surface area (Å²) in [6.07, 6.45) is 3.01. The molecule has 7 heteroatoms. The van der Waals surface area contributed by atoms with Crippen molar-refractivity contribution in [2.45, 2.75) is 32.7 Å². The van der Waals surface area contributed by atoms with Crippen LogP contribution in [0.25, 0.3) is 11.4 Å². The first-order valence-electron chi connectivity index (χ1n) is 11.9. The van der Waals surface area contributed by atoms with Gasteiger partial charge in [0.15, 0.2) is 12.4 Å². The number of anilines is 1. The van der Waals surface area contributed by atoms with Crippen molar-refractivity contribution >= 4 is 23.3 Å². The van der Waals surface area contributed by atoms with Crippen molar-refractivity contribution in [1.82, 2.24) is 14.9 Å². The van der Waals surface area contributed by atoms with Gasteiger partial charge in [0.25, 0.3) is 5.91 Å². The molecule has 1 amide bonds. The summed E-state index contributed by atoms with van der Waals surface area (Å²) in [4.78, 5) is 27.2. The third-order valence-electron chi connectivity index (χ3n) is 6.68. The molecule has 2 aliphatic heterocycles. The zero-order chi connectivity index (χ0) is 23.5. The van der Waals surface area contributed by atoms with Crippen LogP contribution in [0.15, 0.2) is 54.6 Å². The molecule has 3 heterocycles. The van der Waals surface area contributed by atoms with Crippen LogP contribution in [0.3, 0.4) is 0 Å². The number of benzene rings is 2. The molecule has 1 fully saturated rings. The van der Waals surface area contributed by atoms with Crippen molar-refractivity contribution in [3.05, 3.63) is 70.9 Å². The number of hydrogen-bond donors (Lipinski definition) is 0. The van der Waals surface area contributed by atoms with Gasteiger partial charge in [0.05, 0.1) is 12.2 Å². The van der Waals surface area contributed by atoms with Crippen LogP contribution < -0.4 is 9.64 Å². The second-order valence-electron chi connectivity index (χ2n) is 9.14. The van der Waals surface area contributed by atoms with Crippen molar-refractivity contribution in [2.24, 2.45) is 5.92 Å². The summed E-state index contributed by atoms with van der Waals surface area (Å²) in [6, 6.07) is 17.2. The standard InChI is InChI=1S/C27H29ClN4O2/c1-19-11-14-31(15-12-19)27-23-17-32(25(33)18-34-22-9-7-21(28)8-10-22)16-13-24(23)29-26(30-27)20-5-3-2-4-6-20/h2-10,19H,11-18H2,1H3. The molecule has 0 N–H and O–H groups in total. The van der Waals surface area contributed by atoms with Crippen LogP contribution in [0.5, 0.6) is 5.75 Å². The molecule has 0 bridgehead atoms. The Morgan fingerprint density at radius 2 is 1.76 bits per heavy atom. The molecule has 0 atom stereocenters. The van der Waals surface area contributed by atoms with Crippen molar-refractivity contribution in [3.8, 4) is 17.1 Å². The largest absolute Gasteiger partial charge is 0.484 e. The number of fused-ring (bicyclic) bond motifs is 1. The lowest BCUT2D eigenvalue weighted by atomic mass is 9.98.